The second kappa shape index (κ2) is 6.80. The van der Waals surface area contributed by atoms with E-state index in [1.807, 2.05) is 30.3 Å². The molecule has 0 bridgehead atoms. The number of rotatable bonds is 4. The molecule has 0 saturated heterocycles. The normalized spacial score (nSPS) is 11.2. The van der Waals surface area contributed by atoms with Crippen LogP contribution in [0.5, 0.6) is 0 Å². The van der Waals surface area contributed by atoms with E-state index < -0.39 is 0 Å². The maximum atomic E-state index is 12.4. The van der Waals surface area contributed by atoms with Gasteiger partial charge in [-0.05, 0) is 31.5 Å². The smallest absolute Gasteiger partial charge is 0.262 e. The molecule has 1 N–H and O–H groups in total. The van der Waals surface area contributed by atoms with Gasteiger partial charge in [0.05, 0.1) is 11.9 Å². The van der Waals surface area contributed by atoms with Crippen LogP contribution in [-0.2, 0) is 5.75 Å². The van der Waals surface area contributed by atoms with Gasteiger partial charge in [-0.3, -0.25) is 4.79 Å². The van der Waals surface area contributed by atoms with Crippen LogP contribution in [-0.4, -0.2) is 19.7 Å². The fourth-order valence-electron chi connectivity index (χ4n) is 3.03. The van der Waals surface area contributed by atoms with Crippen LogP contribution in [0.1, 0.15) is 16.7 Å². The molecule has 2 aromatic carbocycles. The zero-order valence-electron chi connectivity index (χ0n) is 14.6. The Labute approximate surface area is 155 Å². The van der Waals surface area contributed by atoms with E-state index >= 15 is 0 Å². The molecule has 0 aliphatic carbocycles. The molecule has 6 heteroatoms. The minimum atomic E-state index is -0.167. The van der Waals surface area contributed by atoms with Crippen LogP contribution in [0.2, 0.25) is 0 Å². The van der Waals surface area contributed by atoms with Crippen molar-refractivity contribution in [2.24, 2.45) is 0 Å². The third-order valence-electron chi connectivity index (χ3n) is 4.07. The number of nitrogens with zero attached hydrogens (tertiary/aromatic N) is 3. The van der Waals surface area contributed by atoms with E-state index in [2.05, 4.69) is 47.1 Å². The Balaban J connectivity index is 1.69. The molecule has 0 spiro atoms. The molecule has 0 fully saturated rings. The number of hydrogen-bond donors (Lipinski definition) is 1. The van der Waals surface area contributed by atoms with Gasteiger partial charge in [-0.1, -0.05) is 59.3 Å². The van der Waals surface area contributed by atoms with Gasteiger partial charge in [0.25, 0.3) is 5.56 Å². The number of nitrogens with one attached hydrogen (secondary N) is 1. The topological polar surface area (TPSA) is 63.6 Å². The molecule has 2 aromatic heterocycles. The number of thioether (sulfide) groups is 1. The van der Waals surface area contributed by atoms with E-state index in [0.29, 0.717) is 16.2 Å². The zero-order valence-corrected chi connectivity index (χ0v) is 15.4. The second-order valence-electron chi connectivity index (χ2n) is 6.28. The summed E-state index contributed by atoms with van der Waals surface area (Å²) >= 11 is 1.52. The van der Waals surface area contributed by atoms with Crippen molar-refractivity contribution in [1.29, 1.82) is 0 Å². The van der Waals surface area contributed by atoms with Gasteiger partial charge >= 0.3 is 0 Å². The third kappa shape index (κ3) is 3.28. The lowest BCUT2D eigenvalue weighted by Gasteiger charge is -2.06. The fourth-order valence-corrected chi connectivity index (χ4v) is 3.81. The maximum Gasteiger partial charge on any atom is 0.262 e. The van der Waals surface area contributed by atoms with Crippen molar-refractivity contribution in [2.45, 2.75) is 24.8 Å². The van der Waals surface area contributed by atoms with Crippen molar-refractivity contribution in [2.75, 3.05) is 0 Å². The highest BCUT2D eigenvalue weighted by Crippen LogP contribution is 2.22. The summed E-state index contributed by atoms with van der Waals surface area (Å²) in [6.45, 7) is 4.18. The monoisotopic (exact) mass is 362 g/mol. The molecule has 0 aliphatic heterocycles. The number of aryl methyl sites for hydroxylation is 2. The molecular weight excluding hydrogens is 344 g/mol. The molecule has 4 rings (SSSR count). The minimum Gasteiger partial charge on any atom is -0.301 e. The van der Waals surface area contributed by atoms with Crippen LogP contribution in [0.25, 0.3) is 16.7 Å². The minimum absolute atomic E-state index is 0.167. The molecule has 5 nitrogen and oxygen atoms in total. The van der Waals surface area contributed by atoms with Crippen LogP contribution in [0, 0.1) is 13.8 Å². The van der Waals surface area contributed by atoms with Gasteiger partial charge in [0.1, 0.15) is 5.39 Å². The summed E-state index contributed by atoms with van der Waals surface area (Å²) in [6, 6.07) is 16.2. The summed E-state index contributed by atoms with van der Waals surface area (Å²) in [6.07, 6.45) is 1.56. The first kappa shape index (κ1) is 16.6. The number of hydrogen-bond acceptors (Lipinski definition) is 4. The summed E-state index contributed by atoms with van der Waals surface area (Å²) < 4.78 is 1.70. The van der Waals surface area contributed by atoms with Crippen LogP contribution in [0.15, 0.2) is 64.7 Å². The van der Waals surface area contributed by atoms with Crippen LogP contribution in [0.3, 0.4) is 0 Å². The highest BCUT2D eigenvalue weighted by molar-refractivity contribution is 7.98. The van der Waals surface area contributed by atoms with E-state index in [0.717, 1.165) is 11.4 Å². The number of fused-ring (bicyclic) bond motifs is 1. The first-order valence-electron chi connectivity index (χ1n) is 8.33. The van der Waals surface area contributed by atoms with Crippen molar-refractivity contribution >= 4 is 22.8 Å². The van der Waals surface area contributed by atoms with E-state index in [-0.39, 0.29) is 5.56 Å². The van der Waals surface area contributed by atoms with Crippen molar-refractivity contribution in [3.05, 3.63) is 81.8 Å². The Morgan fingerprint density at radius 3 is 2.54 bits per heavy atom. The van der Waals surface area contributed by atoms with Crippen LogP contribution < -0.4 is 5.56 Å². The highest BCUT2D eigenvalue weighted by atomic mass is 32.2. The summed E-state index contributed by atoms with van der Waals surface area (Å²) in [5.41, 5.74) is 4.97. The molecule has 0 atom stereocenters. The standard InChI is InChI=1S/C20H18N4OS/c1-13-8-14(2)10-15(9-13)12-26-20-22-18-17(19(25)23-20)11-21-24(18)16-6-4-3-5-7-16/h3-11H,12H2,1-2H3,(H,22,23,25). The Morgan fingerprint density at radius 2 is 1.81 bits per heavy atom. The predicted octanol–water partition coefficient (Wildman–Crippen LogP) is 4.02. The zero-order chi connectivity index (χ0) is 18.1. The van der Waals surface area contributed by atoms with E-state index in [1.54, 1.807) is 10.9 Å². The van der Waals surface area contributed by atoms with E-state index in [9.17, 15) is 4.79 Å². The lowest BCUT2D eigenvalue weighted by atomic mass is 10.1. The second-order valence-corrected chi connectivity index (χ2v) is 7.25. The molecule has 130 valence electrons. The highest BCUT2D eigenvalue weighted by Gasteiger charge is 2.12. The Hall–Kier alpha value is -2.86. The van der Waals surface area contributed by atoms with Gasteiger partial charge in [0.2, 0.25) is 0 Å². The molecule has 0 saturated carbocycles. The average Bonchev–Trinajstić information content (AvgIpc) is 3.04. The molecule has 0 amide bonds. The summed E-state index contributed by atoms with van der Waals surface area (Å²) in [5.74, 6) is 0.746. The SMILES string of the molecule is Cc1cc(C)cc(CSc2nc3c(cnn3-c3ccccc3)c(=O)[nH]2)c1. The molecule has 0 aliphatic rings. The molecule has 26 heavy (non-hydrogen) atoms. The molecule has 2 heterocycles. The Kier molecular flexibility index (Phi) is 4.34. The molecular formula is C20H18N4OS. The average molecular weight is 362 g/mol. The quantitative estimate of drug-likeness (QED) is 0.440. The predicted molar refractivity (Wildman–Crippen MR) is 105 cm³/mol. The Morgan fingerprint density at radius 1 is 1.08 bits per heavy atom. The van der Waals surface area contributed by atoms with Gasteiger partial charge in [0.15, 0.2) is 10.8 Å². The molecule has 0 radical (unpaired) electrons. The molecule has 0 unspecified atom stereocenters. The number of H-pyrrole nitrogens is 1. The van der Waals surface area contributed by atoms with Crippen molar-refractivity contribution < 1.29 is 0 Å². The number of para-hydroxylation sites is 1. The van der Waals surface area contributed by atoms with Gasteiger partial charge < -0.3 is 4.98 Å². The van der Waals surface area contributed by atoms with Gasteiger partial charge in [-0.25, -0.2) is 9.67 Å². The van der Waals surface area contributed by atoms with Crippen LogP contribution in [0.4, 0.5) is 0 Å². The maximum absolute atomic E-state index is 12.4. The van der Waals surface area contributed by atoms with Crippen molar-refractivity contribution in [3.8, 4) is 5.69 Å². The number of aromatic nitrogens is 4. The summed E-state index contributed by atoms with van der Waals surface area (Å²) in [5, 5.41) is 5.42. The van der Waals surface area contributed by atoms with Crippen molar-refractivity contribution in [1.82, 2.24) is 19.7 Å². The van der Waals surface area contributed by atoms with Crippen molar-refractivity contribution in [3.63, 3.8) is 0 Å². The Bertz CT molecular complexity index is 1110. The lowest BCUT2D eigenvalue weighted by molar-refractivity contribution is 0.873. The summed E-state index contributed by atoms with van der Waals surface area (Å²) in [4.78, 5) is 19.9. The van der Waals surface area contributed by atoms with E-state index in [1.165, 1.54) is 28.5 Å². The van der Waals surface area contributed by atoms with E-state index in [4.69, 9.17) is 0 Å². The first-order chi connectivity index (χ1) is 12.6. The largest absolute Gasteiger partial charge is 0.301 e. The van der Waals surface area contributed by atoms with Gasteiger partial charge in [0, 0.05) is 5.75 Å². The number of aromatic amines is 1. The lowest BCUT2D eigenvalue weighted by Crippen LogP contribution is -2.09. The fraction of sp³-hybridized carbons (Fsp3) is 0.150. The number of benzene rings is 2. The molecule has 4 aromatic rings. The van der Waals surface area contributed by atoms with Crippen LogP contribution >= 0.6 is 11.8 Å². The third-order valence-corrected chi connectivity index (χ3v) is 5.02. The summed E-state index contributed by atoms with van der Waals surface area (Å²) in [7, 11) is 0. The first-order valence-corrected chi connectivity index (χ1v) is 9.32. The van der Waals surface area contributed by atoms with Gasteiger partial charge in [-0.15, -0.1) is 0 Å². The van der Waals surface area contributed by atoms with Gasteiger partial charge in [-0.2, -0.15) is 5.10 Å².